The summed E-state index contributed by atoms with van der Waals surface area (Å²) in [6, 6.07) is 8.97. The first-order valence-electron chi connectivity index (χ1n) is 6.56. The van der Waals surface area contributed by atoms with Crippen molar-refractivity contribution in [1.29, 1.82) is 0 Å². The Kier molecular flexibility index (Phi) is 2.51. The average Bonchev–Trinajstić information content (AvgIpc) is 2.83. The molecule has 1 aromatic carbocycles. The van der Waals surface area contributed by atoms with Gasteiger partial charge in [-0.3, -0.25) is 0 Å². The lowest BCUT2D eigenvalue weighted by atomic mass is 9.95. The smallest absolute Gasteiger partial charge is 0.0690 e. The van der Waals surface area contributed by atoms with E-state index < -0.39 is 0 Å². The molecule has 2 saturated carbocycles. The number of aliphatic hydroxyl groups is 1. The Morgan fingerprint density at radius 2 is 1.69 bits per heavy atom. The Morgan fingerprint density at radius 1 is 1.06 bits per heavy atom. The number of hydrogen-bond donors (Lipinski definition) is 1. The van der Waals surface area contributed by atoms with Gasteiger partial charge in [0.25, 0.3) is 0 Å². The highest BCUT2D eigenvalue weighted by molar-refractivity contribution is 5.27. The highest BCUT2D eigenvalue weighted by Gasteiger charge is 2.39. The summed E-state index contributed by atoms with van der Waals surface area (Å²) in [5.41, 5.74) is 2.44. The van der Waals surface area contributed by atoms with Crippen molar-refractivity contribution >= 4 is 0 Å². The van der Waals surface area contributed by atoms with Gasteiger partial charge in [0.1, 0.15) is 0 Å². The van der Waals surface area contributed by atoms with E-state index in [-0.39, 0.29) is 5.60 Å². The highest BCUT2D eigenvalue weighted by atomic mass is 16.3. The summed E-state index contributed by atoms with van der Waals surface area (Å²) in [5, 5.41) is 9.86. The zero-order valence-electron chi connectivity index (χ0n) is 9.78. The quantitative estimate of drug-likeness (QED) is 0.821. The standard InChI is InChI=1S/C15H20O/c16-15(9-10-15)11-12-5-7-14(8-6-12)13-3-1-2-4-13/h5-8,13,16H,1-4,9-11H2. The molecule has 0 atom stereocenters. The maximum Gasteiger partial charge on any atom is 0.0690 e. The minimum Gasteiger partial charge on any atom is -0.390 e. The van der Waals surface area contributed by atoms with Gasteiger partial charge in [-0.2, -0.15) is 0 Å². The maximum absolute atomic E-state index is 9.86. The van der Waals surface area contributed by atoms with Crippen molar-refractivity contribution in [3.05, 3.63) is 35.4 Å². The van der Waals surface area contributed by atoms with Crippen molar-refractivity contribution in [3.63, 3.8) is 0 Å². The molecule has 2 fully saturated rings. The largest absolute Gasteiger partial charge is 0.390 e. The third-order valence-corrected chi connectivity index (χ3v) is 4.17. The summed E-state index contributed by atoms with van der Waals surface area (Å²) < 4.78 is 0. The van der Waals surface area contributed by atoms with Crippen LogP contribution in [0.2, 0.25) is 0 Å². The van der Waals surface area contributed by atoms with Gasteiger partial charge in [0.2, 0.25) is 0 Å². The molecule has 86 valence electrons. The predicted molar refractivity (Wildman–Crippen MR) is 65.5 cm³/mol. The molecule has 0 aromatic heterocycles. The van der Waals surface area contributed by atoms with Crippen LogP contribution in [0.1, 0.15) is 55.6 Å². The van der Waals surface area contributed by atoms with Gasteiger partial charge in [-0.25, -0.2) is 0 Å². The van der Waals surface area contributed by atoms with Gasteiger partial charge < -0.3 is 5.11 Å². The molecular formula is C15H20O. The van der Waals surface area contributed by atoms with Gasteiger partial charge >= 0.3 is 0 Å². The molecule has 0 unspecified atom stereocenters. The van der Waals surface area contributed by atoms with Crippen LogP contribution in [-0.4, -0.2) is 10.7 Å². The maximum atomic E-state index is 9.86. The van der Waals surface area contributed by atoms with E-state index >= 15 is 0 Å². The van der Waals surface area contributed by atoms with Gasteiger partial charge in [0.05, 0.1) is 5.60 Å². The molecule has 1 N–H and O–H groups in total. The zero-order chi connectivity index (χ0) is 11.0. The lowest BCUT2D eigenvalue weighted by molar-refractivity contribution is 0.151. The molecule has 0 bridgehead atoms. The first-order valence-corrected chi connectivity index (χ1v) is 6.56. The molecule has 3 rings (SSSR count). The van der Waals surface area contributed by atoms with Gasteiger partial charge in [-0.15, -0.1) is 0 Å². The Morgan fingerprint density at radius 3 is 2.25 bits per heavy atom. The van der Waals surface area contributed by atoms with E-state index in [2.05, 4.69) is 24.3 Å². The second-order valence-corrected chi connectivity index (χ2v) is 5.62. The van der Waals surface area contributed by atoms with Crippen LogP contribution in [0.25, 0.3) is 0 Å². The fourth-order valence-corrected chi connectivity index (χ4v) is 2.87. The van der Waals surface area contributed by atoms with Gasteiger partial charge in [-0.1, -0.05) is 37.1 Å². The van der Waals surface area contributed by atoms with Crippen LogP contribution in [0.15, 0.2) is 24.3 Å². The van der Waals surface area contributed by atoms with Crippen molar-refractivity contribution < 1.29 is 5.11 Å². The summed E-state index contributed by atoms with van der Waals surface area (Å²) in [7, 11) is 0. The molecule has 1 aromatic rings. The summed E-state index contributed by atoms with van der Waals surface area (Å²) in [4.78, 5) is 0. The van der Waals surface area contributed by atoms with Crippen molar-refractivity contribution in [2.24, 2.45) is 0 Å². The van der Waals surface area contributed by atoms with E-state index in [4.69, 9.17) is 0 Å². The minimum atomic E-state index is -0.352. The third-order valence-electron chi connectivity index (χ3n) is 4.17. The number of rotatable bonds is 3. The lowest BCUT2D eigenvalue weighted by Crippen LogP contribution is -2.10. The fraction of sp³-hybridized carbons (Fsp3) is 0.600. The first-order chi connectivity index (χ1) is 7.75. The molecule has 16 heavy (non-hydrogen) atoms. The summed E-state index contributed by atoms with van der Waals surface area (Å²) >= 11 is 0. The number of hydrogen-bond acceptors (Lipinski definition) is 1. The van der Waals surface area contributed by atoms with Crippen LogP contribution in [0.4, 0.5) is 0 Å². The SMILES string of the molecule is OC1(Cc2ccc(C3CCCC3)cc2)CC1. The van der Waals surface area contributed by atoms with Crippen molar-refractivity contribution in [2.45, 2.75) is 56.5 Å². The van der Waals surface area contributed by atoms with E-state index in [1.807, 2.05) is 0 Å². The molecule has 0 spiro atoms. The van der Waals surface area contributed by atoms with Crippen LogP contribution in [-0.2, 0) is 6.42 Å². The van der Waals surface area contributed by atoms with Crippen LogP contribution < -0.4 is 0 Å². The first kappa shape index (κ1) is 10.3. The summed E-state index contributed by atoms with van der Waals surface area (Å²) in [6.45, 7) is 0. The van der Waals surface area contributed by atoms with Crippen molar-refractivity contribution in [2.75, 3.05) is 0 Å². The second-order valence-electron chi connectivity index (χ2n) is 5.62. The monoisotopic (exact) mass is 216 g/mol. The average molecular weight is 216 g/mol. The van der Waals surface area contributed by atoms with Crippen molar-refractivity contribution in [3.8, 4) is 0 Å². The molecule has 0 heterocycles. The molecule has 1 heteroatoms. The summed E-state index contributed by atoms with van der Waals surface area (Å²) in [6.07, 6.45) is 8.33. The second kappa shape index (κ2) is 3.89. The molecule has 0 saturated heterocycles. The highest BCUT2D eigenvalue weighted by Crippen LogP contribution is 2.39. The fourth-order valence-electron chi connectivity index (χ4n) is 2.87. The topological polar surface area (TPSA) is 20.2 Å². The Hall–Kier alpha value is -0.820. The molecule has 2 aliphatic rings. The van der Waals surface area contributed by atoms with Gasteiger partial charge in [0.15, 0.2) is 0 Å². The molecule has 0 amide bonds. The molecule has 1 nitrogen and oxygen atoms in total. The Labute approximate surface area is 97.5 Å². The van der Waals surface area contributed by atoms with E-state index in [1.54, 1.807) is 0 Å². The van der Waals surface area contributed by atoms with E-state index in [9.17, 15) is 5.11 Å². The minimum absolute atomic E-state index is 0.352. The number of benzene rings is 1. The predicted octanol–water partition coefficient (Wildman–Crippen LogP) is 3.41. The van der Waals surface area contributed by atoms with Crippen LogP contribution in [0, 0.1) is 0 Å². The summed E-state index contributed by atoms with van der Waals surface area (Å²) in [5.74, 6) is 0.804. The van der Waals surface area contributed by atoms with Gasteiger partial charge in [0, 0.05) is 6.42 Å². The van der Waals surface area contributed by atoms with Crippen LogP contribution >= 0.6 is 0 Å². The molecule has 0 radical (unpaired) electrons. The van der Waals surface area contributed by atoms with E-state index in [0.717, 1.165) is 25.2 Å². The van der Waals surface area contributed by atoms with E-state index in [0.29, 0.717) is 0 Å². The van der Waals surface area contributed by atoms with Crippen LogP contribution in [0.3, 0.4) is 0 Å². The normalized spacial score (nSPS) is 23.6. The zero-order valence-corrected chi connectivity index (χ0v) is 9.78. The van der Waals surface area contributed by atoms with Crippen LogP contribution in [0.5, 0.6) is 0 Å². The third kappa shape index (κ3) is 2.15. The van der Waals surface area contributed by atoms with Gasteiger partial charge in [-0.05, 0) is 42.7 Å². The Balaban J connectivity index is 1.69. The Bertz CT molecular complexity index is 356. The van der Waals surface area contributed by atoms with Crippen molar-refractivity contribution in [1.82, 2.24) is 0 Å². The molecule has 2 aliphatic carbocycles. The molecule has 0 aliphatic heterocycles. The van der Waals surface area contributed by atoms with E-state index in [1.165, 1.54) is 36.8 Å². The molecular weight excluding hydrogens is 196 g/mol. The lowest BCUT2D eigenvalue weighted by Gasteiger charge is -2.11.